The molecule has 4 rings (SSSR count). The van der Waals surface area contributed by atoms with Crippen LogP contribution in [0, 0.1) is 12.7 Å². The topological polar surface area (TPSA) is 68.5 Å². The highest BCUT2D eigenvalue weighted by molar-refractivity contribution is 7.09. The van der Waals surface area contributed by atoms with Crippen LogP contribution in [-0.2, 0) is 13.1 Å². The van der Waals surface area contributed by atoms with Gasteiger partial charge in [-0.1, -0.05) is 23.4 Å². The predicted molar refractivity (Wildman–Crippen MR) is 95.0 cm³/mol. The molecule has 3 heterocycles. The minimum absolute atomic E-state index is 0.257. The average molecular weight is 354 g/mol. The Kier molecular flexibility index (Phi) is 4.10. The van der Waals surface area contributed by atoms with E-state index < -0.39 is 0 Å². The largest absolute Gasteiger partial charge is 0.362 e. The van der Waals surface area contributed by atoms with E-state index in [1.54, 1.807) is 28.2 Å². The van der Waals surface area contributed by atoms with Crippen molar-refractivity contribution in [2.24, 2.45) is 0 Å². The first-order valence-corrected chi connectivity index (χ1v) is 8.66. The molecule has 25 heavy (non-hydrogen) atoms. The fraction of sp³-hybridized carbons (Fsp3) is 0.176. The summed E-state index contributed by atoms with van der Waals surface area (Å²) in [6.07, 6.45) is 0. The molecule has 0 aliphatic carbocycles. The van der Waals surface area contributed by atoms with Gasteiger partial charge in [0.25, 0.3) is 0 Å². The number of aryl methyl sites for hydroxylation is 1. The third kappa shape index (κ3) is 3.20. The Morgan fingerprint density at radius 3 is 2.72 bits per heavy atom. The van der Waals surface area contributed by atoms with Gasteiger partial charge in [0.05, 0.1) is 18.8 Å². The van der Waals surface area contributed by atoms with E-state index in [4.69, 9.17) is 0 Å². The van der Waals surface area contributed by atoms with Crippen LogP contribution in [-0.4, -0.2) is 25.2 Å². The monoisotopic (exact) mass is 354 g/mol. The van der Waals surface area contributed by atoms with E-state index in [0.29, 0.717) is 24.4 Å². The summed E-state index contributed by atoms with van der Waals surface area (Å²) in [5.74, 6) is 0.383. The SMILES string of the molecule is Cc1nnc(NCc2cccs2)c2c1nnn2Cc1ccc(F)cc1. The van der Waals surface area contributed by atoms with Gasteiger partial charge >= 0.3 is 0 Å². The Morgan fingerprint density at radius 1 is 1.12 bits per heavy atom. The summed E-state index contributed by atoms with van der Waals surface area (Å²) in [4.78, 5) is 1.20. The molecule has 3 aromatic heterocycles. The summed E-state index contributed by atoms with van der Waals surface area (Å²) >= 11 is 1.68. The van der Waals surface area contributed by atoms with Gasteiger partial charge in [-0.25, -0.2) is 9.07 Å². The third-order valence-electron chi connectivity index (χ3n) is 3.86. The summed E-state index contributed by atoms with van der Waals surface area (Å²) in [6, 6.07) is 10.4. The van der Waals surface area contributed by atoms with Crippen LogP contribution in [0.15, 0.2) is 41.8 Å². The van der Waals surface area contributed by atoms with Crippen molar-refractivity contribution >= 4 is 28.2 Å². The molecule has 0 unspecified atom stereocenters. The predicted octanol–water partition coefficient (Wildman–Crippen LogP) is 3.39. The lowest BCUT2D eigenvalue weighted by Crippen LogP contribution is -2.08. The fourth-order valence-corrected chi connectivity index (χ4v) is 3.23. The van der Waals surface area contributed by atoms with Crippen molar-refractivity contribution in [3.8, 4) is 0 Å². The number of nitrogens with one attached hydrogen (secondary N) is 1. The molecule has 0 bridgehead atoms. The first-order valence-electron chi connectivity index (χ1n) is 7.78. The highest BCUT2D eigenvalue weighted by Gasteiger charge is 2.15. The maximum absolute atomic E-state index is 13.1. The second kappa shape index (κ2) is 6.56. The molecule has 126 valence electrons. The summed E-state index contributed by atoms with van der Waals surface area (Å²) in [6.45, 7) is 3.00. The Balaban J connectivity index is 1.69. The van der Waals surface area contributed by atoms with Crippen molar-refractivity contribution in [1.29, 1.82) is 0 Å². The Labute approximate surface area is 147 Å². The summed E-state index contributed by atoms with van der Waals surface area (Å²) in [5, 5.41) is 22.3. The highest BCUT2D eigenvalue weighted by Crippen LogP contribution is 2.22. The molecule has 0 amide bonds. The Hall–Kier alpha value is -2.87. The highest BCUT2D eigenvalue weighted by atomic mass is 32.1. The smallest absolute Gasteiger partial charge is 0.176 e. The number of rotatable bonds is 5. The van der Waals surface area contributed by atoms with Crippen LogP contribution in [0.2, 0.25) is 0 Å². The molecule has 1 aromatic carbocycles. The lowest BCUT2D eigenvalue weighted by atomic mass is 10.2. The number of fused-ring (bicyclic) bond motifs is 1. The lowest BCUT2D eigenvalue weighted by Gasteiger charge is -2.08. The molecule has 0 saturated heterocycles. The van der Waals surface area contributed by atoms with Crippen LogP contribution in [0.25, 0.3) is 11.0 Å². The Bertz CT molecular complexity index is 994. The van der Waals surface area contributed by atoms with Gasteiger partial charge in [-0.3, -0.25) is 0 Å². The average Bonchev–Trinajstić information content (AvgIpc) is 3.27. The molecule has 0 atom stereocenters. The molecule has 8 heteroatoms. The van der Waals surface area contributed by atoms with E-state index in [9.17, 15) is 4.39 Å². The molecule has 4 aromatic rings. The normalized spacial score (nSPS) is 11.1. The van der Waals surface area contributed by atoms with Crippen LogP contribution in [0.3, 0.4) is 0 Å². The van der Waals surface area contributed by atoms with Gasteiger partial charge < -0.3 is 5.32 Å². The van der Waals surface area contributed by atoms with E-state index >= 15 is 0 Å². The van der Waals surface area contributed by atoms with Crippen LogP contribution in [0.4, 0.5) is 10.2 Å². The molecule has 0 spiro atoms. The van der Waals surface area contributed by atoms with Crippen molar-refractivity contribution in [3.05, 3.63) is 63.7 Å². The maximum atomic E-state index is 13.1. The first-order chi connectivity index (χ1) is 12.2. The molecule has 0 saturated carbocycles. The van der Waals surface area contributed by atoms with E-state index in [1.165, 1.54) is 17.0 Å². The Morgan fingerprint density at radius 2 is 1.96 bits per heavy atom. The number of hydrogen-bond acceptors (Lipinski definition) is 6. The number of halogens is 1. The number of nitrogens with zero attached hydrogens (tertiary/aromatic N) is 5. The van der Waals surface area contributed by atoms with Gasteiger partial charge in [-0.05, 0) is 36.1 Å². The standard InChI is InChI=1S/C17H15FN6S/c1-11-15-16(17(22-20-11)19-9-14-3-2-8-25-14)24(23-21-15)10-12-4-6-13(18)7-5-12/h2-8H,9-10H2,1H3,(H,19,22). The maximum Gasteiger partial charge on any atom is 0.176 e. The molecule has 0 aliphatic heterocycles. The quantitative estimate of drug-likeness (QED) is 0.595. The summed E-state index contributed by atoms with van der Waals surface area (Å²) < 4.78 is 14.9. The van der Waals surface area contributed by atoms with E-state index in [-0.39, 0.29) is 5.82 Å². The fourth-order valence-electron chi connectivity index (χ4n) is 2.59. The number of anilines is 1. The number of benzene rings is 1. The first kappa shape index (κ1) is 15.6. The zero-order valence-electron chi connectivity index (χ0n) is 13.5. The van der Waals surface area contributed by atoms with Crippen molar-refractivity contribution < 1.29 is 4.39 Å². The summed E-state index contributed by atoms with van der Waals surface area (Å²) in [5.41, 5.74) is 3.17. The zero-order chi connectivity index (χ0) is 17.2. The lowest BCUT2D eigenvalue weighted by molar-refractivity contribution is 0.624. The van der Waals surface area contributed by atoms with Gasteiger partial charge in [0, 0.05) is 4.88 Å². The van der Waals surface area contributed by atoms with Gasteiger partial charge in [0.15, 0.2) is 5.82 Å². The van der Waals surface area contributed by atoms with Gasteiger partial charge in [-0.15, -0.1) is 21.5 Å². The van der Waals surface area contributed by atoms with Gasteiger partial charge in [0.2, 0.25) is 0 Å². The second-order valence-electron chi connectivity index (χ2n) is 5.64. The molecule has 0 fully saturated rings. The van der Waals surface area contributed by atoms with Crippen LogP contribution < -0.4 is 5.32 Å². The van der Waals surface area contributed by atoms with Crippen LogP contribution in [0.5, 0.6) is 0 Å². The molecule has 0 aliphatic rings. The minimum Gasteiger partial charge on any atom is -0.362 e. The van der Waals surface area contributed by atoms with Gasteiger partial charge in [-0.2, -0.15) is 5.10 Å². The number of thiophene rings is 1. The molecule has 0 radical (unpaired) electrons. The number of hydrogen-bond donors (Lipinski definition) is 1. The van der Waals surface area contributed by atoms with Crippen LogP contribution >= 0.6 is 11.3 Å². The van der Waals surface area contributed by atoms with Gasteiger partial charge in [0.1, 0.15) is 16.9 Å². The van der Waals surface area contributed by atoms with Crippen molar-refractivity contribution in [1.82, 2.24) is 25.2 Å². The minimum atomic E-state index is -0.257. The van der Waals surface area contributed by atoms with Crippen molar-refractivity contribution in [2.45, 2.75) is 20.0 Å². The number of aromatic nitrogens is 5. The molecular weight excluding hydrogens is 339 g/mol. The van der Waals surface area contributed by atoms with Crippen molar-refractivity contribution in [3.63, 3.8) is 0 Å². The zero-order valence-corrected chi connectivity index (χ0v) is 14.3. The summed E-state index contributed by atoms with van der Waals surface area (Å²) in [7, 11) is 0. The van der Waals surface area contributed by atoms with E-state index in [0.717, 1.165) is 16.8 Å². The second-order valence-corrected chi connectivity index (χ2v) is 6.67. The molecule has 1 N–H and O–H groups in total. The van der Waals surface area contributed by atoms with E-state index in [2.05, 4.69) is 31.9 Å². The molecule has 6 nitrogen and oxygen atoms in total. The molecular formula is C17H15FN6S. The van der Waals surface area contributed by atoms with Crippen molar-refractivity contribution in [2.75, 3.05) is 5.32 Å². The van der Waals surface area contributed by atoms with E-state index in [1.807, 2.05) is 18.4 Å². The van der Waals surface area contributed by atoms with Crippen LogP contribution in [0.1, 0.15) is 16.1 Å². The third-order valence-corrected chi connectivity index (χ3v) is 4.73.